The largest absolute Gasteiger partial charge is 0.392 e. The first-order valence-electron chi connectivity index (χ1n) is 4.59. The van der Waals surface area contributed by atoms with Crippen LogP contribution in [0, 0.1) is 0 Å². The van der Waals surface area contributed by atoms with Gasteiger partial charge < -0.3 is 10.8 Å². The molecule has 0 radical (unpaired) electrons. The quantitative estimate of drug-likeness (QED) is 0.805. The molecule has 0 aromatic heterocycles. The van der Waals surface area contributed by atoms with Crippen LogP contribution in [0.3, 0.4) is 0 Å². The SMILES string of the molecule is NCC(O)CCSc1ccc(Cl)c(Cl)c1. The van der Waals surface area contributed by atoms with E-state index in [4.69, 9.17) is 28.9 Å². The van der Waals surface area contributed by atoms with E-state index in [0.29, 0.717) is 23.0 Å². The second kappa shape index (κ2) is 6.61. The van der Waals surface area contributed by atoms with Gasteiger partial charge in [-0.05, 0) is 24.6 Å². The molecule has 0 amide bonds. The van der Waals surface area contributed by atoms with E-state index in [1.165, 1.54) is 0 Å². The van der Waals surface area contributed by atoms with Crippen LogP contribution in [0.5, 0.6) is 0 Å². The second-order valence-electron chi connectivity index (χ2n) is 3.10. The molecule has 0 aliphatic rings. The predicted octanol–water partition coefficient (Wildman–Crippen LogP) is 2.80. The Balaban J connectivity index is 2.41. The number of hydrogen-bond donors (Lipinski definition) is 2. The summed E-state index contributed by atoms with van der Waals surface area (Å²) in [5, 5.41) is 10.4. The zero-order valence-corrected chi connectivity index (χ0v) is 10.4. The number of nitrogens with two attached hydrogens (primary N) is 1. The average Bonchev–Trinajstić information content (AvgIpc) is 2.23. The summed E-state index contributed by atoms with van der Waals surface area (Å²) in [5.74, 6) is 0.816. The maximum absolute atomic E-state index is 9.25. The molecule has 1 aromatic rings. The van der Waals surface area contributed by atoms with Crippen LogP contribution in [-0.2, 0) is 0 Å². The van der Waals surface area contributed by atoms with Crippen molar-refractivity contribution in [1.29, 1.82) is 0 Å². The zero-order valence-electron chi connectivity index (χ0n) is 8.12. The molecule has 1 rings (SSSR count). The standard InChI is InChI=1S/C10H13Cl2NOS/c11-9-2-1-8(5-10(9)12)15-4-3-7(14)6-13/h1-2,5,7,14H,3-4,6,13H2. The highest BCUT2D eigenvalue weighted by molar-refractivity contribution is 7.99. The van der Waals surface area contributed by atoms with E-state index in [2.05, 4.69) is 0 Å². The van der Waals surface area contributed by atoms with Crippen LogP contribution < -0.4 is 5.73 Å². The number of aliphatic hydroxyl groups is 1. The molecule has 3 N–H and O–H groups in total. The van der Waals surface area contributed by atoms with Crippen molar-refractivity contribution in [1.82, 2.24) is 0 Å². The van der Waals surface area contributed by atoms with Crippen LogP contribution in [0.2, 0.25) is 10.0 Å². The number of benzene rings is 1. The van der Waals surface area contributed by atoms with Crippen molar-refractivity contribution in [3.05, 3.63) is 28.2 Å². The molecule has 0 spiro atoms. The Morgan fingerprint density at radius 3 is 2.67 bits per heavy atom. The Bertz CT molecular complexity index is 322. The molecule has 1 aromatic carbocycles. The molecule has 84 valence electrons. The average molecular weight is 266 g/mol. The van der Waals surface area contributed by atoms with Crippen LogP contribution in [0.25, 0.3) is 0 Å². The third kappa shape index (κ3) is 4.62. The first-order valence-corrected chi connectivity index (χ1v) is 6.33. The smallest absolute Gasteiger partial charge is 0.0670 e. The molecule has 1 atom stereocenters. The first kappa shape index (κ1) is 13.1. The number of hydrogen-bond acceptors (Lipinski definition) is 3. The maximum atomic E-state index is 9.25. The summed E-state index contributed by atoms with van der Waals surface area (Å²) in [6.07, 6.45) is 0.266. The van der Waals surface area contributed by atoms with Crippen LogP contribution in [0.4, 0.5) is 0 Å². The summed E-state index contributed by atoms with van der Waals surface area (Å²) in [6.45, 7) is 0.307. The van der Waals surface area contributed by atoms with Crippen molar-refractivity contribution in [3.8, 4) is 0 Å². The Kier molecular flexibility index (Phi) is 5.79. The van der Waals surface area contributed by atoms with Gasteiger partial charge in [0.25, 0.3) is 0 Å². The Hall–Kier alpha value is 0.0700. The fraction of sp³-hybridized carbons (Fsp3) is 0.400. The van der Waals surface area contributed by atoms with Gasteiger partial charge in [-0.15, -0.1) is 11.8 Å². The van der Waals surface area contributed by atoms with Gasteiger partial charge in [0, 0.05) is 17.2 Å². The first-order chi connectivity index (χ1) is 7.13. The minimum absolute atomic E-state index is 0.307. The third-order valence-corrected chi connectivity index (χ3v) is 3.65. The number of halogens is 2. The highest BCUT2D eigenvalue weighted by atomic mass is 35.5. The minimum Gasteiger partial charge on any atom is -0.392 e. The van der Waals surface area contributed by atoms with Gasteiger partial charge in [-0.25, -0.2) is 0 Å². The van der Waals surface area contributed by atoms with Crippen molar-refractivity contribution in [3.63, 3.8) is 0 Å². The number of aliphatic hydroxyl groups excluding tert-OH is 1. The lowest BCUT2D eigenvalue weighted by atomic mass is 10.3. The van der Waals surface area contributed by atoms with Gasteiger partial charge in [-0.2, -0.15) is 0 Å². The van der Waals surface area contributed by atoms with Crippen molar-refractivity contribution >= 4 is 35.0 Å². The second-order valence-corrected chi connectivity index (χ2v) is 5.09. The molecule has 0 saturated heterocycles. The molecule has 0 fully saturated rings. The summed E-state index contributed by atoms with van der Waals surface area (Å²) >= 11 is 13.3. The molecule has 1 unspecified atom stereocenters. The van der Waals surface area contributed by atoms with Crippen molar-refractivity contribution in [2.45, 2.75) is 17.4 Å². The van der Waals surface area contributed by atoms with Gasteiger partial charge >= 0.3 is 0 Å². The van der Waals surface area contributed by atoms with Crippen LogP contribution in [-0.4, -0.2) is 23.5 Å². The van der Waals surface area contributed by atoms with Crippen molar-refractivity contribution in [2.75, 3.05) is 12.3 Å². The molecule has 0 bridgehead atoms. The van der Waals surface area contributed by atoms with E-state index in [9.17, 15) is 5.11 Å². The van der Waals surface area contributed by atoms with Crippen molar-refractivity contribution < 1.29 is 5.11 Å². The summed E-state index contributed by atoms with van der Waals surface area (Å²) in [7, 11) is 0. The molecule has 0 aliphatic carbocycles. The summed E-state index contributed by atoms with van der Waals surface area (Å²) < 4.78 is 0. The lowest BCUT2D eigenvalue weighted by Gasteiger charge is -2.07. The van der Waals surface area contributed by atoms with E-state index in [-0.39, 0.29) is 0 Å². The van der Waals surface area contributed by atoms with Gasteiger partial charge in [0.1, 0.15) is 0 Å². The van der Waals surface area contributed by atoms with Crippen LogP contribution in [0.15, 0.2) is 23.1 Å². The summed E-state index contributed by atoms with van der Waals surface area (Å²) in [5.41, 5.74) is 5.30. The van der Waals surface area contributed by atoms with E-state index < -0.39 is 6.10 Å². The van der Waals surface area contributed by atoms with E-state index in [0.717, 1.165) is 10.6 Å². The third-order valence-electron chi connectivity index (χ3n) is 1.88. The Labute approximate surface area is 104 Å². The topological polar surface area (TPSA) is 46.2 Å². The lowest BCUT2D eigenvalue weighted by molar-refractivity contribution is 0.180. The fourth-order valence-electron chi connectivity index (χ4n) is 0.997. The van der Waals surface area contributed by atoms with Crippen LogP contribution in [0.1, 0.15) is 6.42 Å². The van der Waals surface area contributed by atoms with Gasteiger partial charge in [-0.1, -0.05) is 23.2 Å². The monoisotopic (exact) mass is 265 g/mol. The van der Waals surface area contributed by atoms with E-state index in [1.807, 2.05) is 12.1 Å². The zero-order chi connectivity index (χ0) is 11.3. The summed E-state index contributed by atoms with van der Waals surface area (Å²) in [4.78, 5) is 1.05. The highest BCUT2D eigenvalue weighted by Gasteiger charge is 2.03. The number of thioether (sulfide) groups is 1. The lowest BCUT2D eigenvalue weighted by Crippen LogP contribution is -2.19. The Morgan fingerprint density at radius 2 is 2.07 bits per heavy atom. The molecular formula is C10H13Cl2NOS. The molecule has 5 heteroatoms. The van der Waals surface area contributed by atoms with Gasteiger partial charge in [-0.3, -0.25) is 0 Å². The van der Waals surface area contributed by atoms with Crippen LogP contribution >= 0.6 is 35.0 Å². The molecule has 0 heterocycles. The van der Waals surface area contributed by atoms with Gasteiger partial charge in [0.15, 0.2) is 0 Å². The highest BCUT2D eigenvalue weighted by Crippen LogP contribution is 2.28. The van der Waals surface area contributed by atoms with Gasteiger partial charge in [0.05, 0.1) is 16.1 Å². The van der Waals surface area contributed by atoms with E-state index in [1.54, 1.807) is 17.8 Å². The normalized spacial score (nSPS) is 12.8. The minimum atomic E-state index is -0.416. The molecule has 2 nitrogen and oxygen atoms in total. The fourth-order valence-corrected chi connectivity index (χ4v) is 2.35. The maximum Gasteiger partial charge on any atom is 0.0670 e. The molecule has 0 saturated carbocycles. The number of rotatable bonds is 5. The predicted molar refractivity (Wildman–Crippen MR) is 66.9 cm³/mol. The molecule has 0 aliphatic heterocycles. The van der Waals surface area contributed by atoms with E-state index >= 15 is 0 Å². The van der Waals surface area contributed by atoms with Gasteiger partial charge in [0.2, 0.25) is 0 Å². The molecular weight excluding hydrogens is 253 g/mol. The van der Waals surface area contributed by atoms with Crippen molar-refractivity contribution in [2.24, 2.45) is 5.73 Å². The summed E-state index contributed by atoms with van der Waals surface area (Å²) in [6, 6.07) is 5.50. The molecule has 15 heavy (non-hydrogen) atoms. The Morgan fingerprint density at radius 1 is 1.33 bits per heavy atom.